The van der Waals surface area contributed by atoms with E-state index < -0.39 is 5.41 Å². The number of carbonyl (C=O) groups is 1. The predicted molar refractivity (Wildman–Crippen MR) is 64.2 cm³/mol. The van der Waals surface area contributed by atoms with Crippen LogP contribution in [0.5, 0.6) is 0 Å². The van der Waals surface area contributed by atoms with Gasteiger partial charge in [-0.25, -0.2) is 0 Å². The number of hydrogen-bond acceptors (Lipinski definition) is 4. The van der Waals surface area contributed by atoms with Gasteiger partial charge in [0.2, 0.25) is 5.91 Å². The lowest BCUT2D eigenvalue weighted by molar-refractivity contribution is -0.170. The first-order chi connectivity index (χ1) is 7.66. The topological polar surface area (TPSA) is 58.6 Å². The van der Waals surface area contributed by atoms with Gasteiger partial charge in [-0.2, -0.15) is 0 Å². The maximum atomic E-state index is 11.8. The van der Waals surface area contributed by atoms with E-state index in [0.717, 1.165) is 8.66 Å². The van der Waals surface area contributed by atoms with Crippen LogP contribution in [0.25, 0.3) is 0 Å². The average molecular weight is 306 g/mol. The summed E-state index contributed by atoms with van der Waals surface area (Å²) >= 11 is 4.94. The van der Waals surface area contributed by atoms with Crippen molar-refractivity contribution in [1.29, 1.82) is 0 Å². The van der Waals surface area contributed by atoms with E-state index in [4.69, 9.17) is 9.84 Å². The predicted octanol–water partition coefficient (Wildman–Crippen LogP) is 1.14. The third-order valence-corrected chi connectivity index (χ3v) is 4.22. The van der Waals surface area contributed by atoms with Crippen molar-refractivity contribution in [3.05, 3.63) is 20.8 Å². The highest BCUT2D eigenvalue weighted by atomic mass is 79.9. The van der Waals surface area contributed by atoms with Gasteiger partial charge in [-0.05, 0) is 28.1 Å². The van der Waals surface area contributed by atoms with Gasteiger partial charge in [0.1, 0.15) is 5.41 Å². The largest absolute Gasteiger partial charge is 0.395 e. The maximum Gasteiger partial charge on any atom is 0.233 e. The number of rotatable bonds is 4. The first-order valence-corrected chi connectivity index (χ1v) is 6.48. The number of aliphatic hydroxyl groups is 1. The Kier molecular flexibility index (Phi) is 3.63. The molecule has 0 bridgehead atoms. The summed E-state index contributed by atoms with van der Waals surface area (Å²) < 4.78 is 6.02. The molecule has 1 aromatic rings. The molecule has 0 spiro atoms. The quantitative estimate of drug-likeness (QED) is 0.877. The van der Waals surface area contributed by atoms with E-state index in [1.54, 1.807) is 11.3 Å². The summed E-state index contributed by atoms with van der Waals surface area (Å²) in [6, 6.07) is 3.90. The molecule has 1 amide bonds. The minimum Gasteiger partial charge on any atom is -0.395 e. The number of nitrogens with one attached hydrogen (secondary N) is 1. The van der Waals surface area contributed by atoms with Crippen LogP contribution in [0, 0.1) is 5.41 Å². The van der Waals surface area contributed by atoms with E-state index in [2.05, 4.69) is 21.2 Å². The second-order valence-corrected chi connectivity index (χ2v) is 6.37. The van der Waals surface area contributed by atoms with Crippen molar-refractivity contribution in [3.63, 3.8) is 0 Å². The number of thiophene rings is 1. The number of aliphatic hydroxyl groups excluding tert-OH is 1. The first-order valence-electron chi connectivity index (χ1n) is 4.87. The molecule has 2 N–H and O–H groups in total. The average Bonchev–Trinajstić information content (AvgIpc) is 2.60. The summed E-state index contributed by atoms with van der Waals surface area (Å²) in [5, 5.41) is 12.0. The van der Waals surface area contributed by atoms with Crippen LogP contribution in [-0.2, 0) is 16.1 Å². The van der Waals surface area contributed by atoms with Crippen molar-refractivity contribution >= 4 is 33.2 Å². The second kappa shape index (κ2) is 4.83. The molecule has 88 valence electrons. The molecule has 2 heterocycles. The minimum atomic E-state index is -0.714. The molecule has 0 radical (unpaired) electrons. The standard InChI is InChI=1S/C10H12BrNO3S/c11-8-2-1-7(16-8)3-12-9(14)10(4-13)5-15-6-10/h1-2,13H,3-6H2,(H,12,14). The number of hydrogen-bond donors (Lipinski definition) is 2. The van der Waals surface area contributed by atoms with E-state index in [0.29, 0.717) is 19.8 Å². The molecule has 4 nitrogen and oxygen atoms in total. The summed E-state index contributed by atoms with van der Waals surface area (Å²) in [5.74, 6) is -0.134. The fraction of sp³-hybridized carbons (Fsp3) is 0.500. The third kappa shape index (κ3) is 2.29. The summed E-state index contributed by atoms with van der Waals surface area (Å²) in [4.78, 5) is 12.9. The minimum absolute atomic E-state index is 0.134. The van der Waals surface area contributed by atoms with E-state index in [9.17, 15) is 4.79 Å². The van der Waals surface area contributed by atoms with Gasteiger partial charge < -0.3 is 15.2 Å². The Bertz CT molecular complexity index is 384. The Morgan fingerprint density at radius 3 is 2.81 bits per heavy atom. The lowest BCUT2D eigenvalue weighted by Crippen LogP contribution is -2.56. The van der Waals surface area contributed by atoms with Gasteiger partial charge >= 0.3 is 0 Å². The maximum absolute atomic E-state index is 11.8. The van der Waals surface area contributed by atoms with E-state index in [-0.39, 0.29) is 12.5 Å². The zero-order valence-electron chi connectivity index (χ0n) is 8.53. The Hall–Kier alpha value is -0.430. The highest BCUT2D eigenvalue weighted by Gasteiger charge is 2.45. The molecule has 0 unspecified atom stereocenters. The highest BCUT2D eigenvalue weighted by molar-refractivity contribution is 9.11. The molecular weight excluding hydrogens is 294 g/mol. The molecule has 1 aliphatic heterocycles. The zero-order valence-corrected chi connectivity index (χ0v) is 10.9. The van der Waals surface area contributed by atoms with Crippen LogP contribution < -0.4 is 5.32 Å². The molecule has 1 fully saturated rings. The molecule has 0 atom stereocenters. The van der Waals surface area contributed by atoms with Gasteiger partial charge in [0, 0.05) is 4.88 Å². The molecule has 1 aromatic heterocycles. The smallest absolute Gasteiger partial charge is 0.233 e. The van der Waals surface area contributed by atoms with Gasteiger partial charge in [0.05, 0.1) is 30.2 Å². The Morgan fingerprint density at radius 1 is 1.62 bits per heavy atom. The van der Waals surface area contributed by atoms with Crippen LogP contribution in [0.1, 0.15) is 4.88 Å². The molecule has 6 heteroatoms. The Labute approximate surface area is 106 Å². The van der Waals surface area contributed by atoms with Gasteiger partial charge in [-0.3, -0.25) is 4.79 Å². The first kappa shape index (κ1) is 12.0. The van der Waals surface area contributed by atoms with Crippen molar-refractivity contribution in [2.75, 3.05) is 19.8 Å². The van der Waals surface area contributed by atoms with Crippen LogP contribution >= 0.6 is 27.3 Å². The number of halogens is 1. The third-order valence-electron chi connectivity index (χ3n) is 2.59. The van der Waals surface area contributed by atoms with Gasteiger partial charge in [0.25, 0.3) is 0 Å². The zero-order chi connectivity index (χ0) is 11.6. The Morgan fingerprint density at radius 2 is 2.38 bits per heavy atom. The fourth-order valence-electron chi connectivity index (χ4n) is 1.44. The van der Waals surface area contributed by atoms with Crippen LogP contribution in [0.4, 0.5) is 0 Å². The van der Waals surface area contributed by atoms with Crippen molar-refractivity contribution in [1.82, 2.24) is 5.32 Å². The van der Waals surface area contributed by atoms with E-state index in [1.165, 1.54) is 0 Å². The highest BCUT2D eigenvalue weighted by Crippen LogP contribution is 2.27. The SMILES string of the molecule is O=C(NCc1ccc(Br)s1)C1(CO)COC1. The molecule has 0 aliphatic carbocycles. The molecule has 2 rings (SSSR count). The lowest BCUT2D eigenvalue weighted by Gasteiger charge is -2.37. The summed E-state index contributed by atoms with van der Waals surface area (Å²) in [7, 11) is 0. The van der Waals surface area contributed by atoms with Gasteiger partial charge in [-0.15, -0.1) is 11.3 Å². The summed E-state index contributed by atoms with van der Waals surface area (Å²) in [6.07, 6.45) is 0. The number of carbonyl (C=O) groups excluding carboxylic acids is 1. The van der Waals surface area contributed by atoms with Crippen LogP contribution in [0.3, 0.4) is 0 Å². The summed E-state index contributed by atoms with van der Waals surface area (Å²) in [6.45, 7) is 0.955. The normalized spacial score (nSPS) is 17.9. The number of ether oxygens (including phenoxy) is 1. The Balaban J connectivity index is 1.88. The second-order valence-electron chi connectivity index (χ2n) is 3.82. The molecule has 0 saturated carbocycles. The van der Waals surface area contributed by atoms with Crippen molar-refractivity contribution in [2.24, 2.45) is 5.41 Å². The number of amides is 1. The van der Waals surface area contributed by atoms with Crippen LogP contribution in [0.2, 0.25) is 0 Å². The van der Waals surface area contributed by atoms with Crippen LogP contribution in [0.15, 0.2) is 15.9 Å². The van der Waals surface area contributed by atoms with E-state index in [1.807, 2.05) is 12.1 Å². The van der Waals surface area contributed by atoms with Crippen molar-refractivity contribution in [3.8, 4) is 0 Å². The van der Waals surface area contributed by atoms with Crippen LogP contribution in [-0.4, -0.2) is 30.8 Å². The summed E-state index contributed by atoms with van der Waals surface area (Å²) in [5.41, 5.74) is -0.714. The van der Waals surface area contributed by atoms with E-state index >= 15 is 0 Å². The molecule has 1 aliphatic rings. The van der Waals surface area contributed by atoms with Crippen molar-refractivity contribution in [2.45, 2.75) is 6.54 Å². The lowest BCUT2D eigenvalue weighted by atomic mass is 9.86. The molecule has 16 heavy (non-hydrogen) atoms. The van der Waals surface area contributed by atoms with Gasteiger partial charge in [0.15, 0.2) is 0 Å². The molecule has 0 aromatic carbocycles. The fourth-order valence-corrected chi connectivity index (χ4v) is 2.87. The molecular formula is C10H12BrNO3S. The van der Waals surface area contributed by atoms with Crippen molar-refractivity contribution < 1.29 is 14.6 Å². The van der Waals surface area contributed by atoms with Gasteiger partial charge in [-0.1, -0.05) is 0 Å². The molecule has 1 saturated heterocycles. The monoisotopic (exact) mass is 305 g/mol.